The van der Waals surface area contributed by atoms with Crippen LogP contribution >= 0.6 is 11.8 Å². The second-order valence-electron chi connectivity index (χ2n) is 7.30. The van der Waals surface area contributed by atoms with Crippen molar-refractivity contribution in [3.05, 3.63) is 64.4 Å². The Labute approximate surface area is 167 Å². The predicted octanol–water partition coefficient (Wildman–Crippen LogP) is 3.26. The Morgan fingerprint density at radius 3 is 2.50 bits per heavy atom. The zero-order valence-corrected chi connectivity index (χ0v) is 16.7. The van der Waals surface area contributed by atoms with Crippen molar-refractivity contribution in [3.63, 3.8) is 0 Å². The zero-order chi connectivity index (χ0) is 20.3. The number of para-hydroxylation sites is 1. The molecule has 0 aliphatic rings. The van der Waals surface area contributed by atoms with Crippen LogP contribution in [0.3, 0.4) is 0 Å². The van der Waals surface area contributed by atoms with Crippen LogP contribution in [0.15, 0.2) is 58.5 Å². The van der Waals surface area contributed by atoms with Crippen molar-refractivity contribution in [3.8, 4) is 11.8 Å². The Hall–Kier alpha value is -3.11. The topological polar surface area (TPSA) is 87.8 Å². The van der Waals surface area contributed by atoms with Crippen LogP contribution in [0.1, 0.15) is 26.3 Å². The van der Waals surface area contributed by atoms with Gasteiger partial charge in [-0.25, -0.2) is 4.98 Å². The molecule has 28 heavy (non-hydrogen) atoms. The fraction of sp³-hybridized carbons (Fsp3) is 0.238. The van der Waals surface area contributed by atoms with E-state index in [0.717, 1.165) is 0 Å². The molecule has 1 aromatic heterocycles. The van der Waals surface area contributed by atoms with E-state index < -0.39 is 0 Å². The van der Waals surface area contributed by atoms with Crippen LogP contribution in [0.2, 0.25) is 0 Å². The second kappa shape index (κ2) is 7.87. The van der Waals surface area contributed by atoms with Crippen molar-refractivity contribution in [2.24, 2.45) is 0 Å². The lowest BCUT2D eigenvalue weighted by Gasteiger charge is -2.20. The first-order valence-electron chi connectivity index (χ1n) is 8.74. The summed E-state index contributed by atoms with van der Waals surface area (Å²) in [6, 6.07) is 15.9. The summed E-state index contributed by atoms with van der Waals surface area (Å²) in [5, 5.41) is 12.8. The number of rotatable bonds is 4. The van der Waals surface area contributed by atoms with Crippen molar-refractivity contribution < 1.29 is 4.79 Å². The SMILES string of the molecule is CC(C)(C)NC(=O)CSc1nc2ccccc2c(=O)n1-c1ccc(C#N)cc1. The van der Waals surface area contributed by atoms with Gasteiger partial charge in [0.25, 0.3) is 5.56 Å². The Morgan fingerprint density at radius 1 is 1.18 bits per heavy atom. The Kier molecular flexibility index (Phi) is 5.52. The van der Waals surface area contributed by atoms with E-state index in [2.05, 4.69) is 16.4 Å². The minimum absolute atomic E-state index is 0.133. The van der Waals surface area contributed by atoms with Crippen molar-refractivity contribution in [1.29, 1.82) is 5.26 Å². The Balaban J connectivity index is 2.05. The molecule has 142 valence electrons. The number of nitrogens with zero attached hydrogens (tertiary/aromatic N) is 3. The van der Waals surface area contributed by atoms with Gasteiger partial charge in [-0.05, 0) is 57.2 Å². The Bertz CT molecular complexity index is 1120. The monoisotopic (exact) mass is 392 g/mol. The maximum absolute atomic E-state index is 13.1. The van der Waals surface area contributed by atoms with Crippen LogP contribution < -0.4 is 10.9 Å². The third-order valence-electron chi connectivity index (χ3n) is 3.85. The van der Waals surface area contributed by atoms with Crippen molar-refractivity contribution >= 4 is 28.6 Å². The highest BCUT2D eigenvalue weighted by atomic mass is 32.2. The van der Waals surface area contributed by atoms with E-state index in [1.807, 2.05) is 26.8 Å². The van der Waals surface area contributed by atoms with Gasteiger partial charge in [0.05, 0.1) is 34.0 Å². The van der Waals surface area contributed by atoms with Crippen LogP contribution in [0.4, 0.5) is 0 Å². The number of nitriles is 1. The predicted molar refractivity (Wildman–Crippen MR) is 111 cm³/mol. The lowest BCUT2D eigenvalue weighted by atomic mass is 10.1. The van der Waals surface area contributed by atoms with E-state index in [-0.39, 0.29) is 22.8 Å². The molecule has 0 spiro atoms. The smallest absolute Gasteiger partial charge is 0.266 e. The molecule has 0 fully saturated rings. The van der Waals surface area contributed by atoms with E-state index in [0.29, 0.717) is 27.3 Å². The number of nitrogens with one attached hydrogen (secondary N) is 1. The molecule has 3 aromatic rings. The van der Waals surface area contributed by atoms with Crippen molar-refractivity contribution in [2.45, 2.75) is 31.5 Å². The van der Waals surface area contributed by atoms with E-state index in [1.54, 1.807) is 42.5 Å². The fourth-order valence-corrected chi connectivity index (χ4v) is 3.52. The maximum atomic E-state index is 13.1. The van der Waals surface area contributed by atoms with Crippen LogP contribution in [0.25, 0.3) is 16.6 Å². The number of hydrogen-bond acceptors (Lipinski definition) is 5. The van der Waals surface area contributed by atoms with Gasteiger partial charge >= 0.3 is 0 Å². The van der Waals surface area contributed by atoms with Gasteiger partial charge in [0.15, 0.2) is 5.16 Å². The highest BCUT2D eigenvalue weighted by molar-refractivity contribution is 7.99. The molecule has 1 amide bonds. The summed E-state index contributed by atoms with van der Waals surface area (Å²) in [7, 11) is 0. The van der Waals surface area contributed by atoms with Gasteiger partial charge in [0.1, 0.15) is 0 Å². The molecule has 0 aliphatic carbocycles. The minimum atomic E-state index is -0.332. The van der Waals surface area contributed by atoms with Gasteiger partial charge in [-0.2, -0.15) is 5.26 Å². The lowest BCUT2D eigenvalue weighted by molar-refractivity contribution is -0.119. The fourth-order valence-electron chi connectivity index (χ4n) is 2.71. The van der Waals surface area contributed by atoms with Gasteiger partial charge in [0.2, 0.25) is 5.91 Å². The molecule has 0 bridgehead atoms. The van der Waals surface area contributed by atoms with Crippen molar-refractivity contribution in [1.82, 2.24) is 14.9 Å². The first-order chi connectivity index (χ1) is 13.3. The molecule has 0 radical (unpaired) electrons. The number of amides is 1. The highest BCUT2D eigenvalue weighted by Crippen LogP contribution is 2.21. The number of hydrogen-bond donors (Lipinski definition) is 1. The van der Waals surface area contributed by atoms with Crippen molar-refractivity contribution in [2.75, 3.05) is 5.75 Å². The summed E-state index contributed by atoms with van der Waals surface area (Å²) < 4.78 is 1.48. The average molecular weight is 392 g/mol. The molecular formula is C21H20N4O2S. The quantitative estimate of drug-likeness (QED) is 0.544. The third-order valence-corrected chi connectivity index (χ3v) is 4.78. The number of aromatic nitrogens is 2. The number of carbonyl (C=O) groups is 1. The normalized spacial score (nSPS) is 11.2. The van der Waals surface area contributed by atoms with Gasteiger partial charge in [-0.3, -0.25) is 14.2 Å². The van der Waals surface area contributed by atoms with Crippen LogP contribution in [-0.2, 0) is 4.79 Å². The van der Waals surface area contributed by atoms with Crippen LogP contribution in [0.5, 0.6) is 0 Å². The lowest BCUT2D eigenvalue weighted by Crippen LogP contribution is -2.41. The largest absolute Gasteiger partial charge is 0.351 e. The van der Waals surface area contributed by atoms with Crippen LogP contribution in [0, 0.1) is 11.3 Å². The third kappa shape index (κ3) is 4.41. The molecule has 7 heteroatoms. The summed E-state index contributed by atoms with van der Waals surface area (Å²) in [5.74, 6) is 0.00416. The number of benzene rings is 2. The number of carbonyl (C=O) groups excluding carboxylic acids is 1. The zero-order valence-electron chi connectivity index (χ0n) is 15.9. The van der Waals surface area contributed by atoms with Gasteiger partial charge < -0.3 is 5.32 Å². The van der Waals surface area contributed by atoms with Gasteiger partial charge in [-0.15, -0.1) is 0 Å². The summed E-state index contributed by atoms with van der Waals surface area (Å²) in [4.78, 5) is 30.0. The molecule has 0 saturated carbocycles. The summed E-state index contributed by atoms with van der Waals surface area (Å²) in [5.41, 5.74) is 1.14. The van der Waals surface area contributed by atoms with E-state index in [1.165, 1.54) is 16.3 Å². The first-order valence-corrected chi connectivity index (χ1v) is 9.73. The van der Waals surface area contributed by atoms with Gasteiger partial charge in [-0.1, -0.05) is 23.9 Å². The molecule has 2 aromatic carbocycles. The molecule has 0 unspecified atom stereocenters. The average Bonchev–Trinajstić information content (AvgIpc) is 2.65. The molecule has 0 saturated heterocycles. The molecule has 0 aliphatic heterocycles. The summed E-state index contributed by atoms with van der Waals surface area (Å²) in [6.07, 6.45) is 0. The number of fused-ring (bicyclic) bond motifs is 1. The summed E-state index contributed by atoms with van der Waals surface area (Å²) >= 11 is 1.20. The molecule has 1 heterocycles. The molecule has 1 N–H and O–H groups in total. The molecular weight excluding hydrogens is 372 g/mol. The van der Waals surface area contributed by atoms with Gasteiger partial charge in [0, 0.05) is 5.54 Å². The minimum Gasteiger partial charge on any atom is -0.351 e. The second-order valence-corrected chi connectivity index (χ2v) is 8.24. The standard InChI is InChI=1S/C21H20N4O2S/c1-21(2,3)24-18(26)13-28-20-23-17-7-5-4-6-16(17)19(27)25(20)15-10-8-14(12-22)9-11-15/h4-11H,13H2,1-3H3,(H,24,26). The van der Waals surface area contributed by atoms with E-state index >= 15 is 0 Å². The van der Waals surface area contributed by atoms with Crippen LogP contribution in [-0.4, -0.2) is 26.8 Å². The Morgan fingerprint density at radius 2 is 1.86 bits per heavy atom. The van der Waals surface area contributed by atoms with E-state index in [9.17, 15) is 9.59 Å². The highest BCUT2D eigenvalue weighted by Gasteiger charge is 2.17. The maximum Gasteiger partial charge on any atom is 0.266 e. The van der Waals surface area contributed by atoms with E-state index in [4.69, 9.17) is 5.26 Å². The molecule has 0 atom stereocenters. The molecule has 6 nitrogen and oxygen atoms in total. The summed E-state index contributed by atoms with van der Waals surface area (Å²) in [6.45, 7) is 5.74. The first kappa shape index (κ1) is 19.6. The molecule has 3 rings (SSSR count). The number of thioether (sulfide) groups is 1.